The lowest BCUT2D eigenvalue weighted by molar-refractivity contribution is -0.138. The summed E-state index contributed by atoms with van der Waals surface area (Å²) in [5.41, 5.74) is 1.81. The molecule has 132 valence electrons. The number of nitrogens with zero attached hydrogens (tertiary/aromatic N) is 1. The van der Waals surface area contributed by atoms with Crippen molar-refractivity contribution in [1.29, 1.82) is 0 Å². The number of carbonyl (C=O) groups excluding carboxylic acids is 1. The van der Waals surface area contributed by atoms with E-state index in [0.29, 0.717) is 36.2 Å². The zero-order chi connectivity index (χ0) is 17.8. The van der Waals surface area contributed by atoms with E-state index in [1.165, 1.54) is 0 Å². The normalized spacial score (nSPS) is 17.4. The van der Waals surface area contributed by atoms with Crippen LogP contribution < -0.4 is 4.74 Å². The molecule has 0 spiro atoms. The van der Waals surface area contributed by atoms with Crippen LogP contribution in [0.1, 0.15) is 17.2 Å². The van der Waals surface area contributed by atoms with Gasteiger partial charge in [0.05, 0.1) is 26.7 Å². The molecule has 4 nitrogen and oxygen atoms in total. The van der Waals surface area contributed by atoms with Crippen LogP contribution in [-0.4, -0.2) is 37.6 Å². The maximum Gasteiger partial charge on any atom is 0.227 e. The Kier molecular flexibility index (Phi) is 5.84. The Hall–Kier alpha value is -1.75. The summed E-state index contributed by atoms with van der Waals surface area (Å²) in [6, 6.07) is 12.9. The molecule has 1 aliphatic heterocycles. The predicted molar refractivity (Wildman–Crippen MR) is 98.4 cm³/mol. The number of halogens is 2. The highest BCUT2D eigenvalue weighted by atomic mass is 35.5. The number of ether oxygens (including phenoxy) is 2. The van der Waals surface area contributed by atoms with Crippen molar-refractivity contribution < 1.29 is 14.3 Å². The number of carbonyl (C=O) groups is 1. The molecule has 0 aliphatic carbocycles. The third kappa shape index (κ3) is 4.46. The minimum atomic E-state index is -0.238. The fourth-order valence-electron chi connectivity index (χ4n) is 2.86. The van der Waals surface area contributed by atoms with Crippen LogP contribution in [0.3, 0.4) is 0 Å². The molecule has 0 saturated carbocycles. The van der Waals surface area contributed by atoms with E-state index in [1.807, 2.05) is 35.2 Å². The smallest absolute Gasteiger partial charge is 0.227 e. The summed E-state index contributed by atoms with van der Waals surface area (Å²) in [5, 5.41) is 1.14. The van der Waals surface area contributed by atoms with Crippen molar-refractivity contribution in [3.05, 3.63) is 63.6 Å². The standard InChI is InChI=1S/C19H19Cl2NO3/c1-24-15-5-2-13(3-6-15)10-19(23)22-8-9-25-18(12-22)16-7-4-14(20)11-17(16)21/h2-7,11,18H,8-10,12H2,1H3. The van der Waals surface area contributed by atoms with Gasteiger partial charge in [0.1, 0.15) is 11.9 Å². The van der Waals surface area contributed by atoms with Crippen molar-refractivity contribution in [2.24, 2.45) is 0 Å². The second-order valence-electron chi connectivity index (χ2n) is 5.89. The van der Waals surface area contributed by atoms with Gasteiger partial charge in [0.15, 0.2) is 0 Å². The monoisotopic (exact) mass is 379 g/mol. The van der Waals surface area contributed by atoms with Gasteiger partial charge in [-0.05, 0) is 29.8 Å². The van der Waals surface area contributed by atoms with Gasteiger partial charge < -0.3 is 14.4 Å². The summed E-state index contributed by atoms with van der Waals surface area (Å²) >= 11 is 12.2. The van der Waals surface area contributed by atoms with E-state index >= 15 is 0 Å². The number of amides is 1. The lowest BCUT2D eigenvalue weighted by Crippen LogP contribution is -2.43. The Morgan fingerprint density at radius 3 is 2.68 bits per heavy atom. The molecular weight excluding hydrogens is 361 g/mol. The molecule has 6 heteroatoms. The van der Waals surface area contributed by atoms with Crippen molar-refractivity contribution in [2.45, 2.75) is 12.5 Å². The number of methoxy groups -OCH3 is 1. The summed E-state index contributed by atoms with van der Waals surface area (Å²) in [4.78, 5) is 14.4. The van der Waals surface area contributed by atoms with Gasteiger partial charge in [0.2, 0.25) is 5.91 Å². The molecule has 3 rings (SSSR count). The second kappa shape index (κ2) is 8.09. The van der Waals surface area contributed by atoms with Crippen LogP contribution in [0.15, 0.2) is 42.5 Å². The molecule has 0 aromatic heterocycles. The number of benzene rings is 2. The van der Waals surface area contributed by atoms with E-state index in [0.717, 1.165) is 16.9 Å². The van der Waals surface area contributed by atoms with Gasteiger partial charge in [0.25, 0.3) is 0 Å². The molecule has 0 N–H and O–H groups in total. The third-order valence-electron chi connectivity index (χ3n) is 4.24. The maximum absolute atomic E-state index is 12.6. The Bertz CT molecular complexity index is 749. The molecular formula is C19H19Cl2NO3. The maximum atomic E-state index is 12.6. The second-order valence-corrected chi connectivity index (χ2v) is 6.73. The summed E-state index contributed by atoms with van der Waals surface area (Å²) in [5.74, 6) is 0.851. The molecule has 0 radical (unpaired) electrons. The van der Waals surface area contributed by atoms with E-state index in [9.17, 15) is 4.79 Å². The zero-order valence-electron chi connectivity index (χ0n) is 13.9. The topological polar surface area (TPSA) is 38.8 Å². The predicted octanol–water partition coefficient (Wildman–Crippen LogP) is 4.14. The van der Waals surface area contributed by atoms with Crippen LogP contribution in [0.4, 0.5) is 0 Å². The number of morpholine rings is 1. The number of hydrogen-bond donors (Lipinski definition) is 0. The summed E-state index contributed by atoms with van der Waals surface area (Å²) in [7, 11) is 1.62. The van der Waals surface area contributed by atoms with Crippen LogP contribution in [0.2, 0.25) is 10.0 Å². The van der Waals surface area contributed by atoms with Crippen LogP contribution in [0.25, 0.3) is 0 Å². The SMILES string of the molecule is COc1ccc(CC(=O)N2CCOC(c3ccc(Cl)cc3Cl)C2)cc1. The highest BCUT2D eigenvalue weighted by molar-refractivity contribution is 6.35. The highest BCUT2D eigenvalue weighted by Crippen LogP contribution is 2.30. The first-order valence-electron chi connectivity index (χ1n) is 8.04. The first-order chi connectivity index (χ1) is 12.1. The molecule has 25 heavy (non-hydrogen) atoms. The quantitative estimate of drug-likeness (QED) is 0.800. The van der Waals surface area contributed by atoms with Gasteiger partial charge in [-0.15, -0.1) is 0 Å². The fraction of sp³-hybridized carbons (Fsp3) is 0.316. The summed E-state index contributed by atoms with van der Waals surface area (Å²) in [6.07, 6.45) is 0.115. The molecule has 1 amide bonds. The Balaban J connectivity index is 1.66. The number of hydrogen-bond acceptors (Lipinski definition) is 3. The minimum absolute atomic E-state index is 0.0727. The molecule has 1 atom stereocenters. The van der Waals surface area contributed by atoms with E-state index in [1.54, 1.807) is 19.2 Å². The average molecular weight is 380 g/mol. The van der Waals surface area contributed by atoms with Crippen molar-refractivity contribution >= 4 is 29.1 Å². The fourth-order valence-corrected chi connectivity index (χ4v) is 3.39. The van der Waals surface area contributed by atoms with E-state index in [4.69, 9.17) is 32.7 Å². The number of rotatable bonds is 4. The Labute approximate surface area is 157 Å². The Morgan fingerprint density at radius 1 is 1.24 bits per heavy atom. The van der Waals surface area contributed by atoms with Gasteiger partial charge in [-0.25, -0.2) is 0 Å². The zero-order valence-corrected chi connectivity index (χ0v) is 15.4. The summed E-state index contributed by atoms with van der Waals surface area (Å²) < 4.78 is 10.9. The van der Waals surface area contributed by atoms with Crippen LogP contribution in [0.5, 0.6) is 5.75 Å². The van der Waals surface area contributed by atoms with Gasteiger partial charge in [-0.2, -0.15) is 0 Å². The average Bonchev–Trinajstić information content (AvgIpc) is 2.62. The van der Waals surface area contributed by atoms with Crippen LogP contribution in [0, 0.1) is 0 Å². The van der Waals surface area contributed by atoms with Crippen molar-refractivity contribution in [1.82, 2.24) is 4.90 Å². The molecule has 2 aromatic carbocycles. The van der Waals surface area contributed by atoms with Gasteiger partial charge in [0, 0.05) is 22.2 Å². The van der Waals surface area contributed by atoms with Gasteiger partial charge in [-0.1, -0.05) is 41.4 Å². The molecule has 1 unspecified atom stereocenters. The van der Waals surface area contributed by atoms with Crippen molar-refractivity contribution in [3.8, 4) is 5.75 Å². The van der Waals surface area contributed by atoms with E-state index in [2.05, 4.69) is 0 Å². The van der Waals surface area contributed by atoms with Gasteiger partial charge >= 0.3 is 0 Å². The largest absolute Gasteiger partial charge is 0.497 e. The first kappa shape index (κ1) is 18.1. The van der Waals surface area contributed by atoms with E-state index < -0.39 is 0 Å². The first-order valence-corrected chi connectivity index (χ1v) is 8.79. The van der Waals surface area contributed by atoms with Crippen molar-refractivity contribution in [3.63, 3.8) is 0 Å². The summed E-state index contributed by atoms with van der Waals surface area (Å²) in [6.45, 7) is 1.55. The molecule has 2 aromatic rings. The van der Waals surface area contributed by atoms with Gasteiger partial charge in [-0.3, -0.25) is 4.79 Å². The molecule has 1 fully saturated rings. The van der Waals surface area contributed by atoms with E-state index in [-0.39, 0.29) is 12.0 Å². The van der Waals surface area contributed by atoms with Crippen molar-refractivity contribution in [2.75, 3.05) is 26.8 Å². The van der Waals surface area contributed by atoms with Crippen LogP contribution in [-0.2, 0) is 16.0 Å². The molecule has 1 saturated heterocycles. The third-order valence-corrected chi connectivity index (χ3v) is 4.81. The molecule has 1 heterocycles. The molecule has 1 aliphatic rings. The Morgan fingerprint density at radius 2 is 2.00 bits per heavy atom. The minimum Gasteiger partial charge on any atom is -0.497 e. The highest BCUT2D eigenvalue weighted by Gasteiger charge is 2.26. The lowest BCUT2D eigenvalue weighted by Gasteiger charge is -2.33. The molecule has 0 bridgehead atoms. The van der Waals surface area contributed by atoms with Crippen LogP contribution >= 0.6 is 23.2 Å². The lowest BCUT2D eigenvalue weighted by atomic mass is 10.1.